The molecule has 0 spiro atoms. The molecule has 2 aromatic rings. The van der Waals surface area contributed by atoms with Crippen LogP contribution >= 0.6 is 0 Å². The summed E-state index contributed by atoms with van der Waals surface area (Å²) < 4.78 is 12.0. The first-order chi connectivity index (χ1) is 13.7. The first-order valence-corrected chi connectivity index (χ1v) is 9.82. The van der Waals surface area contributed by atoms with E-state index >= 15 is 0 Å². The third-order valence-corrected chi connectivity index (χ3v) is 5.40. The number of hydrogen-bond donors (Lipinski definition) is 0. The van der Waals surface area contributed by atoms with E-state index in [4.69, 9.17) is 9.15 Å². The molecule has 150 valence electrons. The number of carbonyl (C=O) groups excluding carboxylic acids is 2. The van der Waals surface area contributed by atoms with Crippen molar-refractivity contribution in [2.24, 2.45) is 0 Å². The van der Waals surface area contributed by atoms with Crippen LogP contribution in [0.2, 0.25) is 0 Å². The van der Waals surface area contributed by atoms with Gasteiger partial charge in [0.1, 0.15) is 6.26 Å². The third kappa shape index (κ3) is 4.09. The van der Waals surface area contributed by atoms with E-state index in [2.05, 4.69) is 10.3 Å². The summed E-state index contributed by atoms with van der Waals surface area (Å²) in [5.74, 6) is -0.0933. The van der Waals surface area contributed by atoms with Crippen molar-refractivity contribution in [3.8, 4) is 0 Å². The second-order valence-corrected chi connectivity index (χ2v) is 7.22. The molecule has 0 N–H and O–H groups in total. The number of furan rings is 1. The second-order valence-electron chi connectivity index (χ2n) is 7.22. The topological polar surface area (TPSA) is 93.7 Å². The number of ether oxygens (including phenoxy) is 1. The molecule has 9 heteroatoms. The predicted octanol–water partition coefficient (Wildman–Crippen LogP) is 1.43. The van der Waals surface area contributed by atoms with Gasteiger partial charge in [-0.25, -0.2) is 0 Å². The van der Waals surface area contributed by atoms with Crippen LogP contribution in [0.4, 0.5) is 0 Å². The van der Waals surface area contributed by atoms with Gasteiger partial charge in [-0.1, -0.05) is 5.21 Å². The summed E-state index contributed by atoms with van der Waals surface area (Å²) >= 11 is 0. The molecule has 0 radical (unpaired) electrons. The average Bonchev–Trinajstić information content (AvgIpc) is 3.44. The number of carbonyl (C=O) groups is 2. The van der Waals surface area contributed by atoms with Crippen LogP contribution in [0.15, 0.2) is 29.2 Å². The van der Waals surface area contributed by atoms with Gasteiger partial charge in [-0.2, -0.15) is 0 Å². The number of amides is 2. The molecular formula is C19H25N5O4. The Morgan fingerprint density at radius 2 is 2.00 bits per heavy atom. The maximum absolute atomic E-state index is 12.7. The van der Waals surface area contributed by atoms with E-state index in [0.717, 1.165) is 32.2 Å². The highest BCUT2D eigenvalue weighted by molar-refractivity contribution is 5.94. The molecule has 0 bridgehead atoms. The van der Waals surface area contributed by atoms with E-state index in [1.54, 1.807) is 21.8 Å². The molecule has 2 fully saturated rings. The summed E-state index contributed by atoms with van der Waals surface area (Å²) in [4.78, 5) is 28.9. The highest BCUT2D eigenvalue weighted by atomic mass is 16.5. The van der Waals surface area contributed by atoms with E-state index in [-0.39, 0.29) is 17.9 Å². The largest absolute Gasteiger partial charge is 0.472 e. The van der Waals surface area contributed by atoms with Crippen LogP contribution in [0, 0.1) is 0 Å². The van der Waals surface area contributed by atoms with E-state index in [9.17, 15) is 9.59 Å². The van der Waals surface area contributed by atoms with E-state index in [0.29, 0.717) is 44.1 Å². The quantitative estimate of drug-likeness (QED) is 0.770. The number of piperidine rings is 1. The lowest BCUT2D eigenvalue weighted by atomic mass is 9.98. The van der Waals surface area contributed by atoms with Gasteiger partial charge in [0.2, 0.25) is 0 Å². The number of aromatic nitrogens is 3. The molecule has 4 heterocycles. The number of hydrogen-bond acceptors (Lipinski definition) is 6. The second kappa shape index (κ2) is 8.55. The summed E-state index contributed by atoms with van der Waals surface area (Å²) in [6, 6.07) is 1.85. The summed E-state index contributed by atoms with van der Waals surface area (Å²) in [7, 11) is 0. The van der Waals surface area contributed by atoms with Crippen molar-refractivity contribution in [1.82, 2.24) is 24.8 Å². The SMILES string of the molecule is O=C(c1cn(CCC2CCCCN2C(=O)c2ccoc2)nn1)N1CCOCC1. The number of likely N-dealkylation sites (tertiary alicyclic amines) is 1. The average molecular weight is 387 g/mol. The Bertz CT molecular complexity index is 797. The van der Waals surface area contributed by atoms with Gasteiger partial charge in [0, 0.05) is 32.2 Å². The van der Waals surface area contributed by atoms with Crippen LogP contribution in [-0.4, -0.2) is 75.5 Å². The highest BCUT2D eigenvalue weighted by Gasteiger charge is 2.28. The number of morpholine rings is 1. The molecule has 28 heavy (non-hydrogen) atoms. The van der Waals surface area contributed by atoms with Crippen LogP contribution in [0.5, 0.6) is 0 Å². The standard InChI is InChI=1S/C19H25N5O4/c25-18(15-5-10-28-14-15)24-6-2-1-3-16(24)4-7-23-13-17(20-21-23)19(26)22-8-11-27-12-9-22/h5,10,13-14,16H,1-4,6-9,11-12H2. The van der Waals surface area contributed by atoms with Crippen LogP contribution in [0.25, 0.3) is 0 Å². The number of rotatable bonds is 5. The van der Waals surface area contributed by atoms with Crippen molar-refractivity contribution in [2.45, 2.75) is 38.3 Å². The van der Waals surface area contributed by atoms with Gasteiger partial charge < -0.3 is 19.0 Å². The molecule has 1 unspecified atom stereocenters. The van der Waals surface area contributed by atoms with Crippen LogP contribution in [-0.2, 0) is 11.3 Å². The molecule has 2 amide bonds. The zero-order chi connectivity index (χ0) is 19.3. The zero-order valence-electron chi connectivity index (χ0n) is 15.8. The van der Waals surface area contributed by atoms with E-state index < -0.39 is 0 Å². The predicted molar refractivity (Wildman–Crippen MR) is 98.7 cm³/mol. The summed E-state index contributed by atoms with van der Waals surface area (Å²) in [6.07, 6.45) is 8.59. The van der Waals surface area contributed by atoms with Crippen molar-refractivity contribution < 1.29 is 18.7 Å². The van der Waals surface area contributed by atoms with Gasteiger partial charge in [-0.15, -0.1) is 5.10 Å². The maximum atomic E-state index is 12.7. The number of nitrogens with zero attached hydrogens (tertiary/aromatic N) is 5. The molecular weight excluding hydrogens is 362 g/mol. The van der Waals surface area contributed by atoms with Crippen molar-refractivity contribution in [1.29, 1.82) is 0 Å². The Morgan fingerprint density at radius 3 is 2.79 bits per heavy atom. The van der Waals surface area contributed by atoms with E-state index in [1.807, 2.05) is 4.90 Å². The number of aryl methyl sites for hydroxylation is 1. The fraction of sp³-hybridized carbons (Fsp3) is 0.579. The molecule has 2 saturated heterocycles. The molecule has 2 aliphatic heterocycles. The van der Waals surface area contributed by atoms with E-state index in [1.165, 1.54) is 12.5 Å². The lowest BCUT2D eigenvalue weighted by Gasteiger charge is -2.35. The summed E-state index contributed by atoms with van der Waals surface area (Å²) in [5, 5.41) is 8.14. The Balaban J connectivity index is 1.36. The van der Waals surface area contributed by atoms with Crippen molar-refractivity contribution in [2.75, 3.05) is 32.8 Å². The lowest BCUT2D eigenvalue weighted by molar-refractivity contribution is 0.0299. The molecule has 0 saturated carbocycles. The van der Waals surface area contributed by atoms with Crippen LogP contribution < -0.4 is 0 Å². The monoisotopic (exact) mass is 387 g/mol. The Labute approximate surface area is 163 Å². The third-order valence-electron chi connectivity index (χ3n) is 5.40. The normalized spacial score (nSPS) is 20.4. The molecule has 2 aromatic heterocycles. The Hall–Kier alpha value is -2.68. The molecule has 4 rings (SSSR count). The summed E-state index contributed by atoms with van der Waals surface area (Å²) in [6.45, 7) is 3.65. The minimum atomic E-state index is -0.107. The lowest BCUT2D eigenvalue weighted by Crippen LogP contribution is -2.44. The molecule has 2 aliphatic rings. The Morgan fingerprint density at radius 1 is 1.14 bits per heavy atom. The van der Waals surface area contributed by atoms with Gasteiger partial charge in [-0.05, 0) is 31.7 Å². The fourth-order valence-electron chi connectivity index (χ4n) is 3.84. The van der Waals surface area contributed by atoms with Crippen LogP contribution in [0.1, 0.15) is 46.5 Å². The highest BCUT2D eigenvalue weighted by Crippen LogP contribution is 2.22. The van der Waals surface area contributed by atoms with Crippen molar-refractivity contribution in [3.63, 3.8) is 0 Å². The van der Waals surface area contributed by atoms with Crippen molar-refractivity contribution >= 4 is 11.8 Å². The van der Waals surface area contributed by atoms with Gasteiger partial charge in [0.05, 0.1) is 31.2 Å². The van der Waals surface area contributed by atoms with Gasteiger partial charge in [-0.3, -0.25) is 14.3 Å². The molecule has 0 aliphatic carbocycles. The molecule has 1 atom stereocenters. The van der Waals surface area contributed by atoms with Crippen molar-refractivity contribution in [3.05, 3.63) is 36.0 Å². The van der Waals surface area contributed by atoms with Gasteiger partial charge >= 0.3 is 0 Å². The first-order valence-electron chi connectivity index (χ1n) is 9.82. The zero-order valence-corrected chi connectivity index (χ0v) is 15.8. The molecule has 0 aromatic carbocycles. The molecule has 9 nitrogen and oxygen atoms in total. The van der Waals surface area contributed by atoms with Gasteiger partial charge in [0.25, 0.3) is 11.8 Å². The fourth-order valence-corrected chi connectivity index (χ4v) is 3.84. The minimum Gasteiger partial charge on any atom is -0.472 e. The summed E-state index contributed by atoms with van der Waals surface area (Å²) in [5.41, 5.74) is 0.947. The van der Waals surface area contributed by atoms with Crippen LogP contribution in [0.3, 0.4) is 0 Å². The Kier molecular flexibility index (Phi) is 5.70. The first kappa shape index (κ1) is 18.7. The maximum Gasteiger partial charge on any atom is 0.276 e. The minimum absolute atomic E-state index is 0.0141. The smallest absolute Gasteiger partial charge is 0.276 e. The van der Waals surface area contributed by atoms with Gasteiger partial charge in [0.15, 0.2) is 5.69 Å².